The Morgan fingerprint density at radius 1 is 0.944 bits per heavy atom. The predicted molar refractivity (Wildman–Crippen MR) is 142 cm³/mol. The van der Waals surface area contributed by atoms with Crippen molar-refractivity contribution in [2.75, 3.05) is 34.3 Å². The minimum Gasteiger partial charge on any atom is -0.495 e. The number of rotatable bonds is 11. The summed E-state index contributed by atoms with van der Waals surface area (Å²) in [5.41, 5.74) is 1.22. The maximum Gasteiger partial charge on any atom is 0.261 e. The molecule has 3 aromatic carbocycles. The highest BCUT2D eigenvalue weighted by Gasteiger charge is 2.19. The second-order valence-electron chi connectivity index (χ2n) is 7.80. The SMILES string of the molecule is COc1ccc(N(CCCC(=O)Nc2ccc(S(=O)(=O)Nc3ccccc3)cc2)S(C)(=O)=O)cc1Cl. The fourth-order valence-corrected chi connectivity index (χ4v) is 5.61. The van der Waals surface area contributed by atoms with Crippen molar-refractivity contribution < 1.29 is 26.4 Å². The number of hydrogen-bond donors (Lipinski definition) is 2. The summed E-state index contributed by atoms with van der Waals surface area (Å²) in [7, 11) is -5.93. The van der Waals surface area contributed by atoms with Crippen LogP contribution in [-0.4, -0.2) is 42.7 Å². The van der Waals surface area contributed by atoms with Crippen molar-refractivity contribution in [2.45, 2.75) is 17.7 Å². The molecule has 0 saturated heterocycles. The Hall–Kier alpha value is -3.28. The average molecular weight is 552 g/mol. The molecule has 2 N–H and O–H groups in total. The summed E-state index contributed by atoms with van der Waals surface area (Å²) < 4.78 is 58.4. The van der Waals surface area contributed by atoms with Crippen LogP contribution in [0.2, 0.25) is 5.02 Å². The van der Waals surface area contributed by atoms with E-state index in [9.17, 15) is 21.6 Å². The monoisotopic (exact) mass is 551 g/mol. The summed E-state index contributed by atoms with van der Waals surface area (Å²) in [4.78, 5) is 12.4. The number of carbonyl (C=O) groups excluding carboxylic acids is 1. The van der Waals surface area contributed by atoms with E-state index in [4.69, 9.17) is 16.3 Å². The molecule has 0 bridgehead atoms. The highest BCUT2D eigenvalue weighted by molar-refractivity contribution is 7.92. The van der Waals surface area contributed by atoms with E-state index in [-0.39, 0.29) is 35.2 Å². The van der Waals surface area contributed by atoms with Gasteiger partial charge >= 0.3 is 0 Å². The third-order valence-corrected chi connectivity index (χ3v) is 7.95. The van der Waals surface area contributed by atoms with Crippen LogP contribution in [-0.2, 0) is 24.8 Å². The van der Waals surface area contributed by atoms with Crippen LogP contribution in [0, 0.1) is 0 Å². The van der Waals surface area contributed by atoms with Gasteiger partial charge in [-0.25, -0.2) is 16.8 Å². The van der Waals surface area contributed by atoms with Crippen LogP contribution in [0.15, 0.2) is 77.7 Å². The lowest BCUT2D eigenvalue weighted by atomic mass is 10.2. The quantitative estimate of drug-likeness (QED) is 0.366. The van der Waals surface area contributed by atoms with Crippen LogP contribution in [0.5, 0.6) is 5.75 Å². The lowest BCUT2D eigenvalue weighted by Gasteiger charge is -2.23. The van der Waals surface area contributed by atoms with Gasteiger partial charge in [0.2, 0.25) is 15.9 Å². The molecule has 1 amide bonds. The first-order valence-corrected chi connectivity index (χ1v) is 14.5. The minimum atomic E-state index is -3.77. The zero-order valence-corrected chi connectivity index (χ0v) is 22.0. The van der Waals surface area contributed by atoms with Gasteiger partial charge in [-0.2, -0.15) is 0 Å². The second-order valence-corrected chi connectivity index (χ2v) is 11.8. The molecule has 36 heavy (non-hydrogen) atoms. The fourth-order valence-electron chi connectivity index (χ4n) is 3.34. The highest BCUT2D eigenvalue weighted by atomic mass is 35.5. The Bertz CT molecular complexity index is 1410. The summed E-state index contributed by atoms with van der Waals surface area (Å²) >= 11 is 6.13. The van der Waals surface area contributed by atoms with E-state index in [1.165, 1.54) is 41.7 Å². The smallest absolute Gasteiger partial charge is 0.261 e. The van der Waals surface area contributed by atoms with E-state index in [1.54, 1.807) is 42.5 Å². The molecule has 0 saturated carbocycles. The number of para-hydroxylation sites is 1. The topological polar surface area (TPSA) is 122 Å². The molecule has 0 aromatic heterocycles. The molecule has 0 radical (unpaired) electrons. The van der Waals surface area contributed by atoms with Gasteiger partial charge in [0.25, 0.3) is 10.0 Å². The van der Waals surface area contributed by atoms with Crippen molar-refractivity contribution in [3.05, 3.63) is 77.8 Å². The van der Waals surface area contributed by atoms with Gasteiger partial charge in [0.05, 0.1) is 29.0 Å². The first-order valence-electron chi connectivity index (χ1n) is 10.8. The number of hydrogen-bond acceptors (Lipinski definition) is 6. The molecule has 0 aliphatic carbocycles. The van der Waals surface area contributed by atoms with Crippen LogP contribution in [0.3, 0.4) is 0 Å². The molecule has 0 heterocycles. The van der Waals surface area contributed by atoms with Gasteiger partial charge in [-0.1, -0.05) is 29.8 Å². The number of sulfonamides is 2. The molecule has 3 aromatic rings. The van der Waals surface area contributed by atoms with E-state index in [0.29, 0.717) is 22.8 Å². The molecule has 0 atom stereocenters. The Morgan fingerprint density at radius 3 is 2.19 bits per heavy atom. The molecule has 0 unspecified atom stereocenters. The zero-order chi connectivity index (χ0) is 26.3. The third kappa shape index (κ3) is 7.36. The number of halogens is 1. The van der Waals surface area contributed by atoms with Crippen molar-refractivity contribution in [1.82, 2.24) is 0 Å². The van der Waals surface area contributed by atoms with Crippen LogP contribution in [0.4, 0.5) is 17.1 Å². The lowest BCUT2D eigenvalue weighted by molar-refractivity contribution is -0.116. The second kappa shape index (κ2) is 11.6. The predicted octanol–water partition coefficient (Wildman–Crippen LogP) is 4.33. The summed E-state index contributed by atoms with van der Waals surface area (Å²) in [5.74, 6) is 0.0807. The van der Waals surface area contributed by atoms with Crippen LogP contribution in [0.25, 0.3) is 0 Å². The van der Waals surface area contributed by atoms with Crippen molar-refractivity contribution in [3.63, 3.8) is 0 Å². The Morgan fingerprint density at radius 2 is 1.61 bits per heavy atom. The number of amides is 1. The van der Waals surface area contributed by atoms with E-state index in [0.717, 1.165) is 6.26 Å². The van der Waals surface area contributed by atoms with E-state index < -0.39 is 20.0 Å². The van der Waals surface area contributed by atoms with Crippen LogP contribution in [0.1, 0.15) is 12.8 Å². The van der Waals surface area contributed by atoms with Gasteiger partial charge in [-0.3, -0.25) is 13.8 Å². The van der Waals surface area contributed by atoms with E-state index >= 15 is 0 Å². The van der Waals surface area contributed by atoms with Gasteiger partial charge in [0.1, 0.15) is 5.75 Å². The molecule has 192 valence electrons. The standard InChI is InChI=1S/C24H26ClN3O6S2/c1-34-23-15-12-20(17-22(23)25)28(35(2,30)31)16-6-9-24(29)26-18-10-13-21(14-11-18)36(32,33)27-19-7-4-3-5-8-19/h3-5,7-8,10-15,17,27H,6,9,16H2,1-2H3,(H,26,29). The van der Waals surface area contributed by atoms with Gasteiger partial charge in [0.15, 0.2) is 0 Å². The molecule has 3 rings (SSSR count). The normalized spacial score (nSPS) is 11.5. The van der Waals surface area contributed by atoms with Crippen molar-refractivity contribution in [3.8, 4) is 5.75 Å². The van der Waals surface area contributed by atoms with Crippen molar-refractivity contribution in [2.24, 2.45) is 0 Å². The maximum atomic E-state index is 12.5. The lowest BCUT2D eigenvalue weighted by Crippen LogP contribution is -2.31. The largest absolute Gasteiger partial charge is 0.495 e. The Balaban J connectivity index is 1.58. The van der Waals surface area contributed by atoms with E-state index in [1.807, 2.05) is 0 Å². The minimum absolute atomic E-state index is 0.0471. The van der Waals surface area contributed by atoms with Gasteiger partial charge in [-0.15, -0.1) is 0 Å². The molecule has 12 heteroatoms. The van der Waals surface area contributed by atoms with Gasteiger partial charge in [0, 0.05) is 24.3 Å². The summed E-state index contributed by atoms with van der Waals surface area (Å²) in [6.45, 7) is 0.0667. The van der Waals surface area contributed by atoms with Crippen LogP contribution < -0.4 is 19.1 Å². The summed E-state index contributed by atoms with van der Waals surface area (Å²) in [6, 6.07) is 18.9. The number of methoxy groups -OCH3 is 1. The summed E-state index contributed by atoms with van der Waals surface area (Å²) in [5, 5.41) is 2.96. The first-order chi connectivity index (χ1) is 17.0. The number of anilines is 3. The van der Waals surface area contributed by atoms with Gasteiger partial charge in [-0.05, 0) is 61.0 Å². The summed E-state index contributed by atoms with van der Waals surface area (Å²) in [6.07, 6.45) is 1.37. The zero-order valence-electron chi connectivity index (χ0n) is 19.6. The molecule has 0 fully saturated rings. The molecule has 0 spiro atoms. The number of benzene rings is 3. The number of nitrogens with zero attached hydrogens (tertiary/aromatic N) is 1. The highest BCUT2D eigenvalue weighted by Crippen LogP contribution is 2.30. The number of carbonyl (C=O) groups is 1. The fraction of sp³-hybridized carbons (Fsp3) is 0.208. The Labute approximate surface area is 216 Å². The third-order valence-electron chi connectivity index (χ3n) is 5.06. The molecule has 0 aliphatic heterocycles. The number of ether oxygens (including phenoxy) is 1. The van der Waals surface area contributed by atoms with E-state index in [2.05, 4.69) is 10.0 Å². The van der Waals surface area contributed by atoms with Gasteiger partial charge < -0.3 is 10.1 Å². The molecular formula is C24H26ClN3O6S2. The maximum absolute atomic E-state index is 12.5. The molecule has 9 nitrogen and oxygen atoms in total. The van der Waals surface area contributed by atoms with Crippen LogP contribution >= 0.6 is 11.6 Å². The van der Waals surface area contributed by atoms with Crippen molar-refractivity contribution >= 4 is 54.6 Å². The molecular weight excluding hydrogens is 526 g/mol. The molecule has 0 aliphatic rings. The van der Waals surface area contributed by atoms with Crippen molar-refractivity contribution in [1.29, 1.82) is 0 Å². The Kier molecular flexibility index (Phi) is 8.83. The number of nitrogens with one attached hydrogen (secondary N) is 2. The average Bonchev–Trinajstić information content (AvgIpc) is 2.82. The first kappa shape index (κ1) is 27.3.